The average molecular weight is 272 g/mol. The molecule has 0 N–H and O–H groups in total. The third-order valence-corrected chi connectivity index (χ3v) is 5.88. The van der Waals surface area contributed by atoms with Crippen molar-refractivity contribution in [2.24, 2.45) is 16.7 Å². The van der Waals surface area contributed by atoms with Crippen LogP contribution in [0.25, 0.3) is 0 Å². The van der Waals surface area contributed by atoms with Crippen LogP contribution in [0.1, 0.15) is 60.3 Å². The lowest BCUT2D eigenvalue weighted by molar-refractivity contribution is 0.0781. The average Bonchev–Trinajstić information content (AvgIpc) is 2.36. The van der Waals surface area contributed by atoms with E-state index in [9.17, 15) is 0 Å². The van der Waals surface area contributed by atoms with Crippen LogP contribution in [0.15, 0.2) is 0 Å². The van der Waals surface area contributed by atoms with Crippen LogP contribution in [0, 0.1) is 16.7 Å². The number of likely N-dealkylation sites (tertiary alicyclic amines) is 1. The summed E-state index contributed by atoms with van der Waals surface area (Å²) in [6.45, 7) is 15.6. The molecule has 0 saturated carbocycles. The lowest BCUT2D eigenvalue weighted by Gasteiger charge is -2.42. The number of nitrogens with zero attached hydrogens (tertiary/aromatic N) is 1. The van der Waals surface area contributed by atoms with Crippen LogP contribution >= 0.6 is 12.6 Å². The van der Waals surface area contributed by atoms with Gasteiger partial charge in [-0.15, -0.1) is 0 Å². The molecular weight excluding hydrogens is 238 g/mol. The summed E-state index contributed by atoms with van der Waals surface area (Å²) in [4.78, 5) is 2.69. The molecule has 18 heavy (non-hydrogen) atoms. The van der Waals surface area contributed by atoms with Gasteiger partial charge in [-0.05, 0) is 61.3 Å². The van der Waals surface area contributed by atoms with Crippen LogP contribution in [0.5, 0.6) is 0 Å². The Morgan fingerprint density at radius 1 is 1.06 bits per heavy atom. The summed E-state index contributed by atoms with van der Waals surface area (Å²) in [5, 5.41) is 0. The maximum absolute atomic E-state index is 4.60. The van der Waals surface area contributed by atoms with Crippen molar-refractivity contribution in [1.82, 2.24) is 4.90 Å². The third-order valence-electron chi connectivity index (χ3n) is 5.21. The third kappa shape index (κ3) is 4.16. The standard InChI is InChI=1S/C16H33NS/c1-6-16(7-2,13-18)12-17-10-8-14(9-11-17)15(3,4)5/h14,18H,6-13H2,1-5H3. The molecule has 0 spiro atoms. The Kier molecular flexibility index (Phi) is 6.05. The zero-order valence-corrected chi connectivity index (χ0v) is 14.0. The SMILES string of the molecule is CCC(CC)(CS)CN1CCC(C(C)(C)C)CC1. The van der Waals surface area contributed by atoms with Gasteiger partial charge >= 0.3 is 0 Å². The van der Waals surface area contributed by atoms with Gasteiger partial charge in [-0.25, -0.2) is 0 Å². The van der Waals surface area contributed by atoms with E-state index in [2.05, 4.69) is 52.1 Å². The molecule has 1 rings (SSSR count). The Balaban J connectivity index is 2.48. The van der Waals surface area contributed by atoms with E-state index in [-0.39, 0.29) is 0 Å². The molecule has 2 heteroatoms. The van der Waals surface area contributed by atoms with E-state index in [0.29, 0.717) is 10.8 Å². The van der Waals surface area contributed by atoms with Gasteiger partial charge in [0, 0.05) is 6.54 Å². The molecular formula is C16H33NS. The van der Waals surface area contributed by atoms with E-state index in [4.69, 9.17) is 0 Å². The summed E-state index contributed by atoms with van der Waals surface area (Å²) in [6, 6.07) is 0. The van der Waals surface area contributed by atoms with Gasteiger partial charge < -0.3 is 4.90 Å². The molecule has 0 radical (unpaired) electrons. The normalized spacial score (nSPS) is 20.3. The summed E-state index contributed by atoms with van der Waals surface area (Å²) < 4.78 is 0. The first kappa shape index (κ1) is 16.4. The lowest BCUT2D eigenvalue weighted by Crippen LogP contribution is -2.44. The fraction of sp³-hybridized carbons (Fsp3) is 1.00. The highest BCUT2D eigenvalue weighted by Crippen LogP contribution is 2.36. The highest BCUT2D eigenvalue weighted by molar-refractivity contribution is 7.80. The van der Waals surface area contributed by atoms with Crippen LogP contribution in [0.4, 0.5) is 0 Å². The van der Waals surface area contributed by atoms with E-state index in [0.717, 1.165) is 11.7 Å². The fourth-order valence-electron chi connectivity index (χ4n) is 3.18. The van der Waals surface area contributed by atoms with Gasteiger partial charge in [0.15, 0.2) is 0 Å². The van der Waals surface area contributed by atoms with Crippen molar-refractivity contribution in [3.63, 3.8) is 0 Å². The molecule has 0 atom stereocenters. The smallest absolute Gasteiger partial charge is 0.00456 e. The number of thiol groups is 1. The van der Waals surface area contributed by atoms with Crippen LogP contribution in [-0.2, 0) is 0 Å². The first-order valence-corrected chi connectivity index (χ1v) is 8.33. The Morgan fingerprint density at radius 2 is 1.56 bits per heavy atom. The minimum Gasteiger partial charge on any atom is -0.303 e. The predicted molar refractivity (Wildman–Crippen MR) is 85.5 cm³/mol. The molecule has 1 heterocycles. The molecule has 1 aliphatic heterocycles. The molecule has 1 saturated heterocycles. The number of rotatable bonds is 5. The van der Waals surface area contributed by atoms with Crippen LogP contribution in [-0.4, -0.2) is 30.3 Å². The number of hydrogen-bond acceptors (Lipinski definition) is 2. The van der Waals surface area contributed by atoms with Gasteiger partial charge in [-0.1, -0.05) is 34.6 Å². The van der Waals surface area contributed by atoms with Gasteiger partial charge in [-0.2, -0.15) is 12.6 Å². The largest absolute Gasteiger partial charge is 0.303 e. The van der Waals surface area contributed by atoms with Crippen molar-refractivity contribution in [2.75, 3.05) is 25.4 Å². The fourth-order valence-corrected chi connectivity index (χ4v) is 3.73. The zero-order chi connectivity index (χ0) is 13.8. The predicted octanol–water partition coefficient (Wildman–Crippen LogP) is 4.48. The Hall–Kier alpha value is 0.310. The van der Waals surface area contributed by atoms with E-state index in [1.807, 2.05) is 0 Å². The number of hydrogen-bond donors (Lipinski definition) is 1. The maximum atomic E-state index is 4.60. The van der Waals surface area contributed by atoms with E-state index in [1.54, 1.807) is 0 Å². The molecule has 1 aliphatic rings. The summed E-state index contributed by atoms with van der Waals surface area (Å²) in [6.07, 6.45) is 5.26. The first-order chi connectivity index (χ1) is 8.37. The first-order valence-electron chi connectivity index (χ1n) is 7.70. The van der Waals surface area contributed by atoms with Crippen molar-refractivity contribution < 1.29 is 0 Å². The van der Waals surface area contributed by atoms with Gasteiger partial charge in [0.25, 0.3) is 0 Å². The maximum Gasteiger partial charge on any atom is 0.00456 e. The minimum atomic E-state index is 0.442. The molecule has 0 aliphatic carbocycles. The Bertz CT molecular complexity index is 224. The van der Waals surface area contributed by atoms with E-state index in [1.165, 1.54) is 45.3 Å². The van der Waals surface area contributed by atoms with Gasteiger partial charge in [0.05, 0.1) is 0 Å². The molecule has 0 unspecified atom stereocenters. The summed E-state index contributed by atoms with van der Waals surface area (Å²) >= 11 is 4.60. The highest BCUT2D eigenvalue weighted by atomic mass is 32.1. The van der Waals surface area contributed by atoms with Crippen molar-refractivity contribution >= 4 is 12.6 Å². The zero-order valence-electron chi connectivity index (χ0n) is 13.1. The second kappa shape index (κ2) is 6.65. The molecule has 1 nitrogen and oxygen atoms in total. The summed E-state index contributed by atoms with van der Waals surface area (Å²) in [7, 11) is 0. The van der Waals surface area contributed by atoms with Gasteiger partial charge in [0.2, 0.25) is 0 Å². The summed E-state index contributed by atoms with van der Waals surface area (Å²) in [5.41, 5.74) is 0.930. The Labute approximate surface area is 120 Å². The van der Waals surface area contributed by atoms with Crippen molar-refractivity contribution in [1.29, 1.82) is 0 Å². The lowest BCUT2D eigenvalue weighted by atomic mass is 9.74. The van der Waals surface area contributed by atoms with Crippen molar-refractivity contribution in [3.8, 4) is 0 Å². The van der Waals surface area contributed by atoms with Crippen molar-refractivity contribution in [3.05, 3.63) is 0 Å². The quantitative estimate of drug-likeness (QED) is 0.722. The van der Waals surface area contributed by atoms with E-state index >= 15 is 0 Å². The molecule has 1 fully saturated rings. The molecule has 0 aromatic rings. The van der Waals surface area contributed by atoms with Gasteiger partial charge in [-0.3, -0.25) is 0 Å². The molecule has 0 bridgehead atoms. The molecule has 0 aromatic carbocycles. The monoisotopic (exact) mass is 271 g/mol. The topological polar surface area (TPSA) is 3.24 Å². The minimum absolute atomic E-state index is 0.442. The van der Waals surface area contributed by atoms with Crippen LogP contribution in [0.3, 0.4) is 0 Å². The second-order valence-electron chi connectivity index (χ2n) is 7.28. The molecule has 108 valence electrons. The van der Waals surface area contributed by atoms with Crippen molar-refractivity contribution in [2.45, 2.75) is 60.3 Å². The van der Waals surface area contributed by atoms with Gasteiger partial charge in [0.1, 0.15) is 0 Å². The van der Waals surface area contributed by atoms with Crippen LogP contribution in [0.2, 0.25) is 0 Å². The molecule has 0 amide bonds. The van der Waals surface area contributed by atoms with E-state index < -0.39 is 0 Å². The highest BCUT2D eigenvalue weighted by Gasteiger charge is 2.32. The second-order valence-corrected chi connectivity index (χ2v) is 7.60. The van der Waals surface area contributed by atoms with Crippen LogP contribution < -0.4 is 0 Å². The Morgan fingerprint density at radius 3 is 1.89 bits per heavy atom. The molecule has 0 aromatic heterocycles. The number of piperidine rings is 1. The summed E-state index contributed by atoms with van der Waals surface area (Å²) in [5.74, 6) is 1.93.